The van der Waals surface area contributed by atoms with Gasteiger partial charge in [0.05, 0.1) is 0 Å². The summed E-state index contributed by atoms with van der Waals surface area (Å²) in [5.74, 6) is -0.185. The van der Waals surface area contributed by atoms with Gasteiger partial charge >= 0.3 is 0 Å². The second-order valence-electron chi connectivity index (χ2n) is 1.57. The number of nitrogens with one attached hydrogen (secondary N) is 1. The minimum Gasteiger partial charge on any atom is -0.286 e. The zero-order valence-electron chi connectivity index (χ0n) is 5.55. The number of amides is 1. The van der Waals surface area contributed by atoms with Crippen LogP contribution in [0.3, 0.4) is 0 Å². The van der Waals surface area contributed by atoms with Gasteiger partial charge in [-0.3, -0.25) is 10.2 Å². The standard InChI is InChI=1S/C5H10N2O.ClH/c1-4-5(8)6-7(2)3;/h4H,1H2,2-3H3,(H,6,8);1H. The summed E-state index contributed by atoms with van der Waals surface area (Å²) in [6.07, 6.45) is 1.22. The van der Waals surface area contributed by atoms with Crippen molar-refractivity contribution in [3.05, 3.63) is 12.7 Å². The van der Waals surface area contributed by atoms with Gasteiger partial charge in [0.15, 0.2) is 0 Å². The summed E-state index contributed by atoms with van der Waals surface area (Å²) in [6, 6.07) is 0. The molecule has 0 unspecified atom stereocenters. The molecular weight excluding hydrogens is 140 g/mol. The molecule has 0 saturated heterocycles. The number of carbonyl (C=O) groups is 1. The number of hydrogen-bond donors (Lipinski definition) is 1. The van der Waals surface area contributed by atoms with E-state index in [4.69, 9.17) is 0 Å². The van der Waals surface area contributed by atoms with E-state index in [1.165, 1.54) is 6.08 Å². The van der Waals surface area contributed by atoms with Crippen molar-refractivity contribution in [2.24, 2.45) is 0 Å². The molecule has 54 valence electrons. The molecule has 0 fully saturated rings. The Kier molecular flexibility index (Phi) is 7.01. The molecule has 0 aliphatic heterocycles. The fourth-order valence-electron chi connectivity index (χ4n) is 0.266. The maximum absolute atomic E-state index is 10.4. The normalized spacial score (nSPS) is 7.89. The maximum Gasteiger partial charge on any atom is 0.257 e. The van der Waals surface area contributed by atoms with Crippen molar-refractivity contribution in [2.75, 3.05) is 14.1 Å². The summed E-state index contributed by atoms with van der Waals surface area (Å²) in [4.78, 5) is 10.4. The second kappa shape index (κ2) is 5.59. The highest BCUT2D eigenvalue weighted by molar-refractivity contribution is 5.86. The van der Waals surface area contributed by atoms with Crippen molar-refractivity contribution in [2.45, 2.75) is 0 Å². The molecule has 0 aliphatic carbocycles. The SMILES string of the molecule is C=CC(=O)NN(C)C.Cl. The van der Waals surface area contributed by atoms with E-state index in [-0.39, 0.29) is 18.3 Å². The second-order valence-corrected chi connectivity index (χ2v) is 1.57. The van der Waals surface area contributed by atoms with Crippen molar-refractivity contribution >= 4 is 18.3 Å². The third kappa shape index (κ3) is 7.46. The number of halogens is 1. The lowest BCUT2D eigenvalue weighted by Gasteiger charge is -2.07. The highest BCUT2D eigenvalue weighted by Gasteiger charge is 1.90. The number of hydrazine groups is 1. The number of carbonyl (C=O) groups excluding carboxylic acids is 1. The molecule has 0 bridgehead atoms. The summed E-state index contributed by atoms with van der Waals surface area (Å²) in [7, 11) is 3.48. The molecule has 0 spiro atoms. The van der Waals surface area contributed by atoms with Crippen LogP contribution < -0.4 is 5.43 Å². The predicted molar refractivity (Wildman–Crippen MR) is 39.3 cm³/mol. The lowest BCUT2D eigenvalue weighted by molar-refractivity contribution is -0.120. The Morgan fingerprint density at radius 1 is 1.67 bits per heavy atom. The molecule has 0 radical (unpaired) electrons. The van der Waals surface area contributed by atoms with E-state index in [0.29, 0.717) is 0 Å². The van der Waals surface area contributed by atoms with Gasteiger partial charge in [0.25, 0.3) is 5.91 Å². The topological polar surface area (TPSA) is 32.3 Å². The van der Waals surface area contributed by atoms with Gasteiger partial charge in [-0.1, -0.05) is 6.58 Å². The number of nitrogens with zero attached hydrogens (tertiary/aromatic N) is 1. The first-order valence-corrected chi connectivity index (χ1v) is 2.27. The van der Waals surface area contributed by atoms with E-state index in [1.807, 2.05) is 0 Å². The van der Waals surface area contributed by atoms with Crippen LogP contribution in [0.25, 0.3) is 0 Å². The number of hydrogen-bond acceptors (Lipinski definition) is 2. The lowest BCUT2D eigenvalue weighted by atomic mass is 10.6. The van der Waals surface area contributed by atoms with Crippen molar-refractivity contribution in [3.8, 4) is 0 Å². The summed E-state index contributed by atoms with van der Waals surface area (Å²) in [5.41, 5.74) is 2.47. The molecular formula is C5H11ClN2O. The van der Waals surface area contributed by atoms with Crippen LogP contribution in [-0.4, -0.2) is 25.0 Å². The fourth-order valence-corrected chi connectivity index (χ4v) is 0.266. The highest BCUT2D eigenvalue weighted by atomic mass is 35.5. The maximum atomic E-state index is 10.4. The molecule has 0 aliphatic rings. The molecule has 3 nitrogen and oxygen atoms in total. The molecule has 9 heavy (non-hydrogen) atoms. The fraction of sp³-hybridized carbons (Fsp3) is 0.400. The molecule has 1 amide bonds. The monoisotopic (exact) mass is 150 g/mol. The molecule has 4 heteroatoms. The zero-order chi connectivity index (χ0) is 6.57. The molecule has 0 aromatic carbocycles. The quantitative estimate of drug-likeness (QED) is 0.450. The molecule has 0 atom stereocenters. The van der Waals surface area contributed by atoms with Gasteiger partial charge in [-0.25, -0.2) is 5.01 Å². The van der Waals surface area contributed by atoms with Crippen LogP contribution in [0.5, 0.6) is 0 Å². The highest BCUT2D eigenvalue weighted by Crippen LogP contribution is 1.66. The van der Waals surface area contributed by atoms with E-state index >= 15 is 0 Å². The van der Waals surface area contributed by atoms with Crippen LogP contribution in [-0.2, 0) is 4.79 Å². The van der Waals surface area contributed by atoms with Crippen LogP contribution in [0.15, 0.2) is 12.7 Å². The van der Waals surface area contributed by atoms with Crippen molar-refractivity contribution in [1.29, 1.82) is 0 Å². The Bertz CT molecular complexity index is 103. The van der Waals surface area contributed by atoms with Crippen LogP contribution in [0, 0.1) is 0 Å². The lowest BCUT2D eigenvalue weighted by Crippen LogP contribution is -2.34. The molecule has 0 heterocycles. The van der Waals surface area contributed by atoms with Crippen LogP contribution >= 0.6 is 12.4 Å². The van der Waals surface area contributed by atoms with Gasteiger partial charge in [0, 0.05) is 14.1 Å². The first-order valence-electron chi connectivity index (χ1n) is 2.27. The van der Waals surface area contributed by atoms with E-state index < -0.39 is 0 Å². The van der Waals surface area contributed by atoms with Crippen LogP contribution in [0.4, 0.5) is 0 Å². The predicted octanol–water partition coefficient (Wildman–Crippen LogP) is 0.187. The third-order valence-electron chi connectivity index (χ3n) is 0.519. The molecule has 0 saturated carbocycles. The average Bonchev–Trinajstić information content (AvgIpc) is 1.65. The first kappa shape index (κ1) is 11.3. The molecule has 0 aromatic rings. The van der Waals surface area contributed by atoms with E-state index in [1.54, 1.807) is 19.1 Å². The van der Waals surface area contributed by atoms with E-state index in [0.717, 1.165) is 0 Å². The summed E-state index contributed by atoms with van der Waals surface area (Å²) >= 11 is 0. The summed E-state index contributed by atoms with van der Waals surface area (Å²) < 4.78 is 0. The van der Waals surface area contributed by atoms with Crippen LogP contribution in [0.2, 0.25) is 0 Å². The molecule has 1 N–H and O–H groups in total. The van der Waals surface area contributed by atoms with Gasteiger partial charge in [0.1, 0.15) is 0 Å². The van der Waals surface area contributed by atoms with Crippen molar-refractivity contribution in [1.82, 2.24) is 10.4 Å². The van der Waals surface area contributed by atoms with Crippen LogP contribution in [0.1, 0.15) is 0 Å². The smallest absolute Gasteiger partial charge is 0.257 e. The number of rotatable bonds is 2. The first-order chi connectivity index (χ1) is 3.66. The molecule has 0 rings (SSSR count). The largest absolute Gasteiger partial charge is 0.286 e. The third-order valence-corrected chi connectivity index (χ3v) is 0.519. The van der Waals surface area contributed by atoms with Gasteiger partial charge in [0.2, 0.25) is 0 Å². The average molecular weight is 151 g/mol. The Morgan fingerprint density at radius 3 is 2.22 bits per heavy atom. The summed E-state index contributed by atoms with van der Waals surface area (Å²) in [5, 5.41) is 1.56. The van der Waals surface area contributed by atoms with Gasteiger partial charge in [-0.2, -0.15) is 0 Å². The van der Waals surface area contributed by atoms with Crippen molar-refractivity contribution < 1.29 is 4.79 Å². The van der Waals surface area contributed by atoms with E-state index in [9.17, 15) is 4.79 Å². The Balaban J connectivity index is 0. The minimum absolute atomic E-state index is 0. The van der Waals surface area contributed by atoms with Gasteiger partial charge < -0.3 is 0 Å². The van der Waals surface area contributed by atoms with E-state index in [2.05, 4.69) is 12.0 Å². The summed E-state index contributed by atoms with van der Waals surface area (Å²) in [6.45, 7) is 3.27. The van der Waals surface area contributed by atoms with Gasteiger partial charge in [-0.05, 0) is 6.08 Å². The Labute approximate surface area is 61.1 Å². The zero-order valence-corrected chi connectivity index (χ0v) is 6.36. The Morgan fingerprint density at radius 2 is 2.11 bits per heavy atom. The van der Waals surface area contributed by atoms with Crippen molar-refractivity contribution in [3.63, 3.8) is 0 Å². The minimum atomic E-state index is -0.185. The Hall–Kier alpha value is -0.540. The molecule has 0 aromatic heterocycles. The van der Waals surface area contributed by atoms with Gasteiger partial charge in [-0.15, -0.1) is 12.4 Å².